The largest absolute Gasteiger partial charge is 0.355 e. The van der Waals surface area contributed by atoms with Crippen LogP contribution in [0.25, 0.3) is 75.1 Å². The van der Waals surface area contributed by atoms with Crippen molar-refractivity contribution in [2.75, 3.05) is 0 Å². The van der Waals surface area contributed by atoms with E-state index in [2.05, 4.69) is 24.6 Å². The van der Waals surface area contributed by atoms with E-state index in [0.717, 1.165) is 0 Å². The summed E-state index contributed by atoms with van der Waals surface area (Å²) in [7, 11) is 0. The lowest BCUT2D eigenvalue weighted by atomic mass is 9.96. The summed E-state index contributed by atoms with van der Waals surface area (Å²) in [6, 6.07) is 15.4. The van der Waals surface area contributed by atoms with E-state index in [1.807, 2.05) is 24.3 Å². The van der Waals surface area contributed by atoms with Crippen LogP contribution in [0.15, 0.2) is 50.8 Å². The van der Waals surface area contributed by atoms with Crippen molar-refractivity contribution in [3.63, 3.8) is 0 Å². The Morgan fingerprint density at radius 2 is 0.800 bits per heavy atom. The highest BCUT2D eigenvalue weighted by atomic mass is 16.1. The molecule has 7 rings (SSSR count). The van der Waals surface area contributed by atoms with Crippen molar-refractivity contribution < 1.29 is 0 Å². The third-order valence-corrected chi connectivity index (χ3v) is 7.85. The van der Waals surface area contributed by atoms with Gasteiger partial charge in [-0.15, -0.1) is 0 Å². The Balaban J connectivity index is 1.87. The average Bonchev–Trinajstić information content (AvgIpc) is 3.06. The number of nitrogens with zero attached hydrogens (tertiary/aromatic N) is 6. The zero-order valence-corrected chi connectivity index (χ0v) is 22.4. The predicted octanol–water partition coefficient (Wildman–Crippen LogP) is 5.26. The molecule has 0 bridgehead atoms. The van der Waals surface area contributed by atoms with Gasteiger partial charge in [0.2, 0.25) is 0 Å². The molecule has 0 saturated heterocycles. The fourth-order valence-electron chi connectivity index (χ4n) is 5.81. The molecule has 12 nitrogen and oxygen atoms in total. The number of pyridine rings is 3. The molecule has 0 atom stereocenters. The van der Waals surface area contributed by atoms with Crippen molar-refractivity contribution in [2.45, 2.75) is 0 Å². The molecule has 0 unspecified atom stereocenters. The fourth-order valence-corrected chi connectivity index (χ4v) is 5.81. The third kappa shape index (κ3) is 3.37. The van der Waals surface area contributed by atoms with Crippen LogP contribution < -0.4 is 16.3 Å². The third-order valence-electron chi connectivity index (χ3n) is 7.85. The minimum Gasteiger partial charge on any atom is -0.355 e. The first-order chi connectivity index (χ1) is 21.8. The van der Waals surface area contributed by atoms with E-state index in [-0.39, 0.29) is 99.0 Å². The maximum Gasteiger partial charge on any atom is 0.199 e. The summed E-state index contributed by atoms with van der Waals surface area (Å²) >= 11 is 0. The van der Waals surface area contributed by atoms with E-state index in [1.54, 1.807) is 0 Å². The van der Waals surface area contributed by atoms with Gasteiger partial charge in [0, 0.05) is 21.7 Å². The minimum atomic E-state index is -0.652. The van der Waals surface area contributed by atoms with Gasteiger partial charge in [-0.1, -0.05) is 6.07 Å². The number of hydrogen-bond donors (Lipinski definition) is 3. The lowest BCUT2D eigenvalue weighted by molar-refractivity contribution is 1.40. The van der Waals surface area contributed by atoms with E-state index in [4.69, 9.17) is 13.1 Å². The summed E-state index contributed by atoms with van der Waals surface area (Å²) in [6.45, 7) is 15.0. The van der Waals surface area contributed by atoms with E-state index < -0.39 is 16.3 Å². The fraction of sp³-hybridized carbons (Fsp3) is 0. The molecular formula is C33H9N9O3. The Hall–Kier alpha value is -7.77. The molecule has 0 spiro atoms. The van der Waals surface area contributed by atoms with Gasteiger partial charge in [0.15, 0.2) is 27.7 Å². The van der Waals surface area contributed by atoms with Crippen molar-refractivity contribution in [3.05, 3.63) is 112 Å². The highest BCUT2D eigenvalue weighted by Gasteiger charge is 2.23. The molecular weight excluding hydrogens is 570 g/mol. The molecule has 0 aliphatic heterocycles. The smallest absolute Gasteiger partial charge is 0.199 e. The van der Waals surface area contributed by atoms with Gasteiger partial charge < -0.3 is 15.0 Å². The molecule has 7 aromatic rings. The number of rotatable bonds is 0. The van der Waals surface area contributed by atoms with Gasteiger partial charge in [0.25, 0.3) is 0 Å². The molecule has 0 saturated carbocycles. The van der Waals surface area contributed by atoms with Crippen LogP contribution in [-0.4, -0.2) is 15.0 Å². The van der Waals surface area contributed by atoms with Crippen molar-refractivity contribution in [2.24, 2.45) is 0 Å². The Bertz CT molecular complexity index is 2710. The standard InChI is InChI=1S/C33H9N9O3/c1-38-23-7-19-22(8-24(23)39-2)42-30-26-28(40-20-5-15(11-36)14(10-35)4-18(20)32(26)44)25-29(27(30)33(19)45)41-21-6-16(12-37)13(9-34)3-17(21)31(25)43/h3-8H,(H,40,44)(H,41,43)(H,42,45). The highest BCUT2D eigenvalue weighted by molar-refractivity contribution is 6.25. The highest BCUT2D eigenvalue weighted by Crippen LogP contribution is 2.35. The van der Waals surface area contributed by atoms with Gasteiger partial charge in [-0.2, -0.15) is 21.0 Å². The Kier molecular flexibility index (Phi) is 5.30. The summed E-state index contributed by atoms with van der Waals surface area (Å²) in [5.41, 5.74) is -1.63. The first-order valence-electron chi connectivity index (χ1n) is 12.9. The van der Waals surface area contributed by atoms with Crippen molar-refractivity contribution in [1.82, 2.24) is 15.0 Å². The number of fused-ring (bicyclic) bond motifs is 9. The second-order valence-electron chi connectivity index (χ2n) is 10.1. The quantitative estimate of drug-likeness (QED) is 0.123. The Morgan fingerprint density at radius 1 is 0.489 bits per heavy atom. The molecule has 45 heavy (non-hydrogen) atoms. The zero-order chi connectivity index (χ0) is 31.7. The van der Waals surface area contributed by atoms with Gasteiger partial charge in [-0.25, -0.2) is 0 Å². The van der Waals surface area contributed by atoms with E-state index in [0.29, 0.717) is 0 Å². The maximum atomic E-state index is 14.2. The van der Waals surface area contributed by atoms with Crippen LogP contribution >= 0.6 is 0 Å². The van der Waals surface area contributed by atoms with Crippen molar-refractivity contribution in [3.8, 4) is 24.3 Å². The van der Waals surface area contributed by atoms with Gasteiger partial charge >= 0.3 is 0 Å². The molecule has 3 aromatic heterocycles. The molecule has 3 heterocycles. The number of nitrogens with one attached hydrogen (secondary N) is 3. The molecule has 4 aromatic carbocycles. The Labute approximate surface area is 249 Å². The van der Waals surface area contributed by atoms with Crippen LogP contribution in [0.2, 0.25) is 0 Å². The first-order valence-corrected chi connectivity index (χ1v) is 12.9. The predicted molar refractivity (Wildman–Crippen MR) is 165 cm³/mol. The van der Waals surface area contributed by atoms with Gasteiger partial charge in [-0.05, 0) is 30.3 Å². The van der Waals surface area contributed by atoms with Crippen molar-refractivity contribution >= 4 is 76.8 Å². The number of benzene rings is 4. The molecule has 0 radical (unpaired) electrons. The number of aromatic nitrogens is 3. The second kappa shape index (κ2) is 9.12. The SMILES string of the molecule is [C-]#[N+]c1cc2[nH]c3c4c(=O)c5cc(C#N)c(C#N)cc5[nH]c4c4c(=O)c5cc(C#N)c(C#N)cc5[nH]c4c3c(=O)c2cc1[N+]#[C-]. The Morgan fingerprint density at radius 3 is 1.16 bits per heavy atom. The summed E-state index contributed by atoms with van der Waals surface area (Å²) in [4.78, 5) is 58.6. The van der Waals surface area contributed by atoms with Gasteiger partial charge in [-0.3, -0.25) is 24.1 Å². The summed E-state index contributed by atoms with van der Waals surface area (Å²) < 4.78 is 0. The van der Waals surface area contributed by atoms with E-state index in [1.165, 1.54) is 36.4 Å². The number of nitriles is 4. The first kappa shape index (κ1) is 26.1. The molecule has 3 N–H and O–H groups in total. The maximum absolute atomic E-state index is 14.2. The number of aromatic amines is 3. The van der Waals surface area contributed by atoms with Crippen LogP contribution in [0.5, 0.6) is 0 Å². The zero-order valence-electron chi connectivity index (χ0n) is 22.4. The van der Waals surface area contributed by atoms with E-state index >= 15 is 0 Å². The van der Waals surface area contributed by atoms with Crippen LogP contribution in [0.1, 0.15) is 22.3 Å². The second-order valence-corrected chi connectivity index (χ2v) is 10.1. The minimum absolute atomic E-state index is 0.00504. The van der Waals surface area contributed by atoms with E-state index in [9.17, 15) is 35.4 Å². The van der Waals surface area contributed by atoms with Crippen LogP contribution in [-0.2, 0) is 0 Å². The summed E-state index contributed by atoms with van der Waals surface area (Å²) in [5, 5.41) is 38.1. The van der Waals surface area contributed by atoms with Crippen LogP contribution in [0.4, 0.5) is 11.4 Å². The number of hydrogen-bond acceptors (Lipinski definition) is 7. The molecule has 204 valence electrons. The monoisotopic (exact) mass is 579 g/mol. The summed E-state index contributed by atoms with van der Waals surface area (Å²) in [6.07, 6.45) is 0. The van der Waals surface area contributed by atoms with Crippen LogP contribution in [0.3, 0.4) is 0 Å². The van der Waals surface area contributed by atoms with Gasteiger partial charge in [0.1, 0.15) is 24.3 Å². The van der Waals surface area contributed by atoms with Crippen LogP contribution in [0, 0.1) is 58.5 Å². The normalized spacial score (nSPS) is 10.8. The molecule has 0 amide bonds. The lowest BCUT2D eigenvalue weighted by Crippen LogP contribution is -2.15. The molecule has 0 aliphatic carbocycles. The van der Waals surface area contributed by atoms with Gasteiger partial charge in [0.05, 0.1) is 79.1 Å². The van der Waals surface area contributed by atoms with Crippen molar-refractivity contribution in [1.29, 1.82) is 21.0 Å². The lowest BCUT2D eigenvalue weighted by Gasteiger charge is -2.14. The topological polar surface area (TPSA) is 202 Å². The molecule has 0 fully saturated rings. The molecule has 12 heteroatoms. The molecule has 0 aliphatic rings. The number of H-pyrrole nitrogens is 3. The summed E-state index contributed by atoms with van der Waals surface area (Å²) in [5.74, 6) is 0. The average molecular weight is 579 g/mol.